The highest BCUT2D eigenvalue weighted by atomic mass is 31.2. The summed E-state index contributed by atoms with van der Waals surface area (Å²) in [6.07, 6.45) is 0. The van der Waals surface area contributed by atoms with E-state index in [9.17, 15) is 9.36 Å². The summed E-state index contributed by atoms with van der Waals surface area (Å²) in [6, 6.07) is 15.5. The highest BCUT2D eigenvalue weighted by Crippen LogP contribution is 2.50. The van der Waals surface area contributed by atoms with Crippen molar-refractivity contribution in [2.75, 3.05) is 0 Å². The molecule has 0 aliphatic heterocycles. The van der Waals surface area contributed by atoms with Gasteiger partial charge in [0.25, 0.3) is 0 Å². The van der Waals surface area contributed by atoms with Crippen molar-refractivity contribution in [1.29, 1.82) is 0 Å². The first-order valence-electron chi connectivity index (χ1n) is 9.95. The number of rotatable bonds is 4. The van der Waals surface area contributed by atoms with E-state index in [4.69, 9.17) is 0 Å². The minimum atomic E-state index is -3.57. The highest BCUT2D eigenvalue weighted by Gasteiger charge is 2.40. The Morgan fingerprint density at radius 2 is 1.07 bits per heavy atom. The van der Waals surface area contributed by atoms with Crippen molar-refractivity contribution in [3.63, 3.8) is 0 Å². The second kappa shape index (κ2) is 7.76. The molecular formula is C26H29O2P. The molecule has 3 aromatic rings. The summed E-state index contributed by atoms with van der Waals surface area (Å²) in [6.45, 7) is 13.8. The summed E-state index contributed by atoms with van der Waals surface area (Å²) in [4.78, 5) is 14.1. The average molecular weight is 404 g/mol. The molecule has 0 atom stereocenters. The minimum Gasteiger partial charge on any atom is -0.305 e. The molecule has 0 unspecified atom stereocenters. The molecule has 0 saturated carbocycles. The van der Waals surface area contributed by atoms with Gasteiger partial charge in [0.2, 0.25) is 12.7 Å². The van der Waals surface area contributed by atoms with Gasteiger partial charge in [-0.05, 0) is 81.8 Å². The predicted octanol–water partition coefficient (Wildman–Crippen LogP) is 6.00. The van der Waals surface area contributed by atoms with Crippen LogP contribution in [0.2, 0.25) is 0 Å². The van der Waals surface area contributed by atoms with Crippen molar-refractivity contribution in [3.8, 4) is 0 Å². The Labute approximate surface area is 174 Å². The van der Waals surface area contributed by atoms with Gasteiger partial charge in [0.05, 0.1) is 0 Å². The van der Waals surface area contributed by atoms with Gasteiger partial charge in [-0.1, -0.05) is 54.1 Å². The lowest BCUT2D eigenvalue weighted by molar-refractivity contribution is 0.107. The molecule has 0 saturated heterocycles. The quantitative estimate of drug-likeness (QED) is 0.500. The van der Waals surface area contributed by atoms with E-state index in [2.05, 4.69) is 0 Å². The van der Waals surface area contributed by atoms with E-state index in [-0.39, 0.29) is 5.52 Å². The van der Waals surface area contributed by atoms with E-state index in [0.717, 1.165) is 38.9 Å². The van der Waals surface area contributed by atoms with E-state index in [1.165, 1.54) is 0 Å². The van der Waals surface area contributed by atoms with Gasteiger partial charge >= 0.3 is 0 Å². The Morgan fingerprint density at radius 3 is 1.48 bits per heavy atom. The van der Waals surface area contributed by atoms with Gasteiger partial charge in [0, 0.05) is 16.2 Å². The van der Waals surface area contributed by atoms with Gasteiger partial charge in [0.15, 0.2) is 0 Å². The predicted molar refractivity (Wildman–Crippen MR) is 124 cm³/mol. The van der Waals surface area contributed by atoms with Crippen LogP contribution in [0.4, 0.5) is 0 Å². The molecule has 2 nitrogen and oxygen atoms in total. The third-order valence-corrected chi connectivity index (χ3v) is 9.13. The molecule has 0 aliphatic carbocycles. The Hall–Kier alpha value is -2.44. The fourth-order valence-corrected chi connectivity index (χ4v) is 7.43. The van der Waals surface area contributed by atoms with Crippen molar-refractivity contribution in [2.24, 2.45) is 0 Å². The second-order valence-corrected chi connectivity index (χ2v) is 10.7. The van der Waals surface area contributed by atoms with Crippen LogP contribution in [-0.2, 0) is 4.57 Å². The van der Waals surface area contributed by atoms with Crippen LogP contribution in [0.25, 0.3) is 0 Å². The molecule has 0 bridgehead atoms. The first kappa shape index (κ1) is 21.3. The van der Waals surface area contributed by atoms with Gasteiger partial charge in [-0.25, -0.2) is 0 Å². The van der Waals surface area contributed by atoms with Crippen LogP contribution < -0.4 is 10.6 Å². The molecule has 3 rings (SSSR count). The standard InChI is InChI=1S/C26H29O2P/c1-16-14-19(4)25(20(5)15-16)26(27)29(28,23-12-8-10-17(2)21(23)6)24-13-9-11-18(3)22(24)7/h8-15H,1-7H3. The Bertz CT molecular complexity index is 1090. The third kappa shape index (κ3) is 3.51. The molecule has 29 heavy (non-hydrogen) atoms. The van der Waals surface area contributed by atoms with Crippen molar-refractivity contribution < 1.29 is 9.36 Å². The lowest BCUT2D eigenvalue weighted by atomic mass is 10.0. The summed E-state index contributed by atoms with van der Waals surface area (Å²) in [7, 11) is -3.57. The van der Waals surface area contributed by atoms with Crippen LogP contribution in [0.1, 0.15) is 49.3 Å². The molecular weight excluding hydrogens is 375 g/mol. The number of aryl methyl sites for hydroxylation is 5. The van der Waals surface area contributed by atoms with Gasteiger partial charge in [0.1, 0.15) is 0 Å². The van der Waals surface area contributed by atoms with Crippen LogP contribution in [-0.4, -0.2) is 5.52 Å². The van der Waals surface area contributed by atoms with Crippen LogP contribution in [0.5, 0.6) is 0 Å². The second-order valence-electron chi connectivity index (χ2n) is 8.13. The summed E-state index contributed by atoms with van der Waals surface area (Å²) >= 11 is 0. The zero-order valence-electron chi connectivity index (χ0n) is 18.4. The Morgan fingerprint density at radius 1 is 0.655 bits per heavy atom. The van der Waals surface area contributed by atoms with Crippen molar-refractivity contribution >= 4 is 23.3 Å². The fourth-order valence-electron chi connectivity index (χ4n) is 4.18. The maximum atomic E-state index is 14.9. The summed E-state index contributed by atoms with van der Waals surface area (Å²) in [5.41, 5.74) is 7.10. The molecule has 0 amide bonds. The molecule has 150 valence electrons. The number of benzene rings is 3. The number of carbonyl (C=O) groups is 1. The molecule has 0 spiro atoms. The molecule has 0 aliphatic rings. The molecule has 0 aromatic heterocycles. The molecule has 3 aromatic carbocycles. The molecule has 0 N–H and O–H groups in total. The zero-order chi connectivity index (χ0) is 21.5. The lowest BCUT2D eigenvalue weighted by Crippen LogP contribution is -2.28. The van der Waals surface area contributed by atoms with Crippen molar-refractivity contribution in [1.82, 2.24) is 0 Å². The van der Waals surface area contributed by atoms with Gasteiger partial charge in [-0.15, -0.1) is 0 Å². The molecule has 0 radical (unpaired) electrons. The Kier molecular flexibility index (Phi) is 5.70. The van der Waals surface area contributed by atoms with Crippen LogP contribution in [0.3, 0.4) is 0 Å². The van der Waals surface area contributed by atoms with Gasteiger partial charge in [-0.3, -0.25) is 4.79 Å². The van der Waals surface area contributed by atoms with Gasteiger partial charge < -0.3 is 4.57 Å². The van der Waals surface area contributed by atoms with Crippen LogP contribution in [0.15, 0.2) is 48.5 Å². The van der Waals surface area contributed by atoms with E-state index < -0.39 is 7.14 Å². The minimum absolute atomic E-state index is 0.269. The maximum Gasteiger partial charge on any atom is 0.230 e. The number of hydrogen-bond acceptors (Lipinski definition) is 2. The SMILES string of the molecule is Cc1cc(C)c(C(=O)P(=O)(c2cccc(C)c2C)c2cccc(C)c2C)c(C)c1. The normalized spacial score (nSPS) is 11.6. The Balaban J connectivity index is 2.42. The largest absolute Gasteiger partial charge is 0.305 e. The first-order valence-corrected chi connectivity index (χ1v) is 11.7. The average Bonchev–Trinajstić information content (AvgIpc) is 2.64. The van der Waals surface area contributed by atoms with E-state index in [1.807, 2.05) is 97.0 Å². The summed E-state index contributed by atoms with van der Waals surface area (Å²) in [5, 5.41) is 1.30. The van der Waals surface area contributed by atoms with E-state index in [0.29, 0.717) is 16.2 Å². The van der Waals surface area contributed by atoms with Crippen LogP contribution in [0, 0.1) is 48.5 Å². The highest BCUT2D eigenvalue weighted by molar-refractivity contribution is 7.93. The fraction of sp³-hybridized carbons (Fsp3) is 0.269. The van der Waals surface area contributed by atoms with Crippen molar-refractivity contribution in [3.05, 3.63) is 93.0 Å². The smallest absolute Gasteiger partial charge is 0.230 e. The molecule has 0 heterocycles. The first-order chi connectivity index (χ1) is 13.6. The number of hydrogen-bond donors (Lipinski definition) is 0. The number of carbonyl (C=O) groups excluding carboxylic acids is 1. The summed E-state index contributed by atoms with van der Waals surface area (Å²) < 4.78 is 14.9. The monoisotopic (exact) mass is 404 g/mol. The zero-order valence-corrected chi connectivity index (χ0v) is 19.3. The van der Waals surface area contributed by atoms with Crippen LogP contribution >= 0.6 is 7.14 Å². The molecule has 0 fully saturated rings. The summed E-state index contributed by atoms with van der Waals surface area (Å²) in [5.74, 6) is 0. The maximum absolute atomic E-state index is 14.9. The topological polar surface area (TPSA) is 34.1 Å². The van der Waals surface area contributed by atoms with Crippen molar-refractivity contribution in [2.45, 2.75) is 48.5 Å². The van der Waals surface area contributed by atoms with E-state index in [1.54, 1.807) is 0 Å². The van der Waals surface area contributed by atoms with E-state index >= 15 is 0 Å². The van der Waals surface area contributed by atoms with Gasteiger partial charge in [-0.2, -0.15) is 0 Å². The third-order valence-electron chi connectivity index (χ3n) is 6.01. The lowest BCUT2D eigenvalue weighted by Gasteiger charge is -2.24. The molecule has 3 heteroatoms.